The number of nitrogens with zero attached hydrogens (tertiary/aromatic N) is 2. The van der Waals surface area contributed by atoms with Crippen molar-refractivity contribution in [1.82, 2.24) is 9.97 Å². The van der Waals surface area contributed by atoms with E-state index in [-0.39, 0.29) is 0 Å². The predicted octanol–water partition coefficient (Wildman–Crippen LogP) is 1.32. The maximum Gasteiger partial charge on any atom is 0.240 e. The van der Waals surface area contributed by atoms with Crippen LogP contribution in [-0.2, 0) is 0 Å². The molecular formula is C5H5ClN2O. The summed E-state index contributed by atoms with van der Waals surface area (Å²) in [6.45, 7) is 1.83. The molecule has 0 aliphatic heterocycles. The van der Waals surface area contributed by atoms with Crippen molar-refractivity contribution in [3.8, 4) is 5.88 Å². The molecule has 0 bridgehead atoms. The Hall–Kier alpha value is -0.830. The molecule has 48 valence electrons. The lowest BCUT2D eigenvalue weighted by molar-refractivity contribution is 0.586. The van der Waals surface area contributed by atoms with Gasteiger partial charge in [0.2, 0.25) is 5.88 Å². The van der Waals surface area contributed by atoms with Crippen molar-refractivity contribution in [3.63, 3.8) is 0 Å². The molecule has 0 amide bonds. The predicted molar refractivity (Wildman–Crippen MR) is 33.2 cm³/mol. The van der Waals surface area contributed by atoms with Gasteiger partial charge in [-0.2, -0.15) is 0 Å². The summed E-state index contributed by atoms with van der Waals surface area (Å²) in [5.41, 5.74) is 0.834. The summed E-state index contributed by atoms with van der Waals surface area (Å²) in [5.74, 6) is 0.379. The lowest BCUT2D eigenvalue weighted by Gasteiger charge is -1.92. The number of halogens is 1. The lowest BCUT2D eigenvalue weighted by atomic mass is 10.4. The summed E-state index contributed by atoms with van der Waals surface area (Å²) in [6, 6.07) is 1.65. The van der Waals surface area contributed by atoms with E-state index in [1.165, 1.54) is 6.33 Å². The van der Waals surface area contributed by atoms with Gasteiger partial charge >= 0.3 is 0 Å². The van der Waals surface area contributed by atoms with Crippen LogP contribution in [0.2, 0.25) is 0 Å². The minimum Gasteiger partial charge on any atom is -0.365 e. The largest absolute Gasteiger partial charge is 0.365 e. The molecule has 0 N–H and O–H groups in total. The second kappa shape index (κ2) is 2.64. The van der Waals surface area contributed by atoms with Gasteiger partial charge in [0.15, 0.2) is 0 Å². The molecule has 0 spiro atoms. The highest BCUT2D eigenvalue weighted by Gasteiger charge is 1.91. The Kier molecular flexibility index (Phi) is 1.85. The maximum atomic E-state index is 5.01. The first-order chi connectivity index (χ1) is 4.33. The lowest BCUT2D eigenvalue weighted by Crippen LogP contribution is -1.85. The molecule has 1 aromatic rings. The topological polar surface area (TPSA) is 35.0 Å². The van der Waals surface area contributed by atoms with Crippen molar-refractivity contribution in [1.29, 1.82) is 0 Å². The molecule has 1 aromatic heterocycles. The first kappa shape index (κ1) is 6.29. The summed E-state index contributed by atoms with van der Waals surface area (Å²) in [4.78, 5) is 7.53. The molecule has 0 saturated heterocycles. The van der Waals surface area contributed by atoms with Crippen LogP contribution in [0, 0.1) is 6.92 Å². The first-order valence-corrected chi connectivity index (χ1v) is 2.71. The van der Waals surface area contributed by atoms with Crippen LogP contribution in [0.5, 0.6) is 5.88 Å². The van der Waals surface area contributed by atoms with E-state index in [4.69, 9.17) is 11.9 Å². The maximum absolute atomic E-state index is 5.01. The summed E-state index contributed by atoms with van der Waals surface area (Å²) in [5, 5.41) is 0. The van der Waals surface area contributed by atoms with Gasteiger partial charge in [-0.15, -0.1) is 0 Å². The molecule has 0 aliphatic carbocycles. The molecular weight excluding hydrogens is 140 g/mol. The van der Waals surface area contributed by atoms with Crippen LogP contribution in [0.25, 0.3) is 0 Å². The second-order valence-corrected chi connectivity index (χ2v) is 1.73. The smallest absolute Gasteiger partial charge is 0.240 e. The van der Waals surface area contributed by atoms with Gasteiger partial charge in [-0.1, -0.05) is 0 Å². The van der Waals surface area contributed by atoms with Crippen molar-refractivity contribution in [2.45, 2.75) is 6.92 Å². The second-order valence-electron chi connectivity index (χ2n) is 1.57. The minimum atomic E-state index is 0.379. The highest BCUT2D eigenvalue weighted by Crippen LogP contribution is 2.05. The monoisotopic (exact) mass is 144 g/mol. The summed E-state index contributed by atoms with van der Waals surface area (Å²) >= 11 is 5.01. The fourth-order valence-electron chi connectivity index (χ4n) is 0.472. The number of aromatic nitrogens is 2. The van der Waals surface area contributed by atoms with Crippen LogP contribution in [0.15, 0.2) is 12.4 Å². The molecule has 1 heterocycles. The standard InChI is InChI=1S/C5H5ClN2O/c1-4-2-5(9-6)8-3-7-4/h2-3H,1H3. The first-order valence-electron chi connectivity index (χ1n) is 2.40. The van der Waals surface area contributed by atoms with Crippen molar-refractivity contribution < 1.29 is 4.29 Å². The Balaban J connectivity index is 2.94. The minimum absolute atomic E-state index is 0.379. The molecule has 0 radical (unpaired) electrons. The summed E-state index contributed by atoms with van der Waals surface area (Å²) < 4.78 is 4.32. The summed E-state index contributed by atoms with van der Waals surface area (Å²) in [7, 11) is 0. The number of hydrogen-bond donors (Lipinski definition) is 0. The number of aryl methyl sites for hydroxylation is 1. The SMILES string of the molecule is Cc1cc(OCl)ncn1. The number of rotatable bonds is 1. The van der Waals surface area contributed by atoms with Crippen LogP contribution >= 0.6 is 11.9 Å². The van der Waals surface area contributed by atoms with Crippen molar-refractivity contribution >= 4 is 11.9 Å². The van der Waals surface area contributed by atoms with E-state index in [1.807, 2.05) is 6.92 Å². The molecule has 0 unspecified atom stereocenters. The van der Waals surface area contributed by atoms with E-state index in [1.54, 1.807) is 6.07 Å². The third-order valence-electron chi connectivity index (χ3n) is 0.858. The summed E-state index contributed by atoms with van der Waals surface area (Å²) in [6.07, 6.45) is 1.40. The normalized spacial score (nSPS) is 9.11. The molecule has 1 rings (SSSR count). The van der Waals surface area contributed by atoms with Crippen LogP contribution in [0.3, 0.4) is 0 Å². The molecule has 0 fully saturated rings. The Morgan fingerprint density at radius 1 is 1.56 bits per heavy atom. The molecule has 0 atom stereocenters. The van der Waals surface area contributed by atoms with E-state index in [0.717, 1.165) is 5.69 Å². The van der Waals surface area contributed by atoms with Gasteiger partial charge < -0.3 is 4.29 Å². The van der Waals surface area contributed by atoms with Gasteiger partial charge in [0.05, 0.1) is 0 Å². The third kappa shape index (κ3) is 1.54. The van der Waals surface area contributed by atoms with Gasteiger partial charge in [-0.25, -0.2) is 9.97 Å². The number of hydrogen-bond acceptors (Lipinski definition) is 3. The average Bonchev–Trinajstić information content (AvgIpc) is 1.88. The van der Waals surface area contributed by atoms with Gasteiger partial charge in [0, 0.05) is 11.8 Å². The zero-order valence-electron chi connectivity index (χ0n) is 4.84. The Bertz CT molecular complexity index is 204. The van der Waals surface area contributed by atoms with Crippen LogP contribution in [0.4, 0.5) is 0 Å². The van der Waals surface area contributed by atoms with Crippen molar-refractivity contribution in [2.24, 2.45) is 0 Å². The fraction of sp³-hybridized carbons (Fsp3) is 0.200. The Labute approximate surface area is 57.8 Å². The van der Waals surface area contributed by atoms with Crippen LogP contribution in [-0.4, -0.2) is 9.97 Å². The molecule has 4 heteroatoms. The van der Waals surface area contributed by atoms with E-state index in [9.17, 15) is 0 Å². The molecule has 0 aromatic carbocycles. The average molecular weight is 145 g/mol. The van der Waals surface area contributed by atoms with Gasteiger partial charge in [0.25, 0.3) is 0 Å². The van der Waals surface area contributed by atoms with Gasteiger partial charge in [-0.05, 0) is 6.92 Å². The van der Waals surface area contributed by atoms with E-state index in [0.29, 0.717) is 5.88 Å². The zero-order valence-corrected chi connectivity index (χ0v) is 5.59. The molecule has 0 aliphatic rings. The van der Waals surface area contributed by atoms with E-state index >= 15 is 0 Å². The van der Waals surface area contributed by atoms with Crippen LogP contribution in [0.1, 0.15) is 5.69 Å². The van der Waals surface area contributed by atoms with E-state index < -0.39 is 0 Å². The van der Waals surface area contributed by atoms with E-state index in [2.05, 4.69) is 14.3 Å². The Morgan fingerprint density at radius 3 is 2.78 bits per heavy atom. The van der Waals surface area contributed by atoms with Crippen molar-refractivity contribution in [2.75, 3.05) is 0 Å². The highest BCUT2D eigenvalue weighted by molar-refractivity contribution is 6.08. The Morgan fingerprint density at radius 2 is 2.33 bits per heavy atom. The van der Waals surface area contributed by atoms with Crippen molar-refractivity contribution in [3.05, 3.63) is 18.1 Å². The zero-order chi connectivity index (χ0) is 6.69. The molecule has 3 nitrogen and oxygen atoms in total. The van der Waals surface area contributed by atoms with Gasteiger partial charge in [-0.3, -0.25) is 0 Å². The van der Waals surface area contributed by atoms with Gasteiger partial charge in [0.1, 0.15) is 18.2 Å². The molecule has 9 heavy (non-hydrogen) atoms. The van der Waals surface area contributed by atoms with Crippen LogP contribution < -0.4 is 4.29 Å². The molecule has 0 saturated carbocycles. The highest BCUT2D eigenvalue weighted by atomic mass is 35.5. The fourth-order valence-corrected chi connectivity index (χ4v) is 0.557. The third-order valence-corrected chi connectivity index (χ3v) is 1.02. The quantitative estimate of drug-likeness (QED) is 0.596.